The molecule has 6 nitrogen and oxygen atoms in total. The number of hydrogen-bond donors (Lipinski definition) is 2. The summed E-state index contributed by atoms with van der Waals surface area (Å²) < 4.78 is 39.5. The van der Waals surface area contributed by atoms with E-state index in [-0.39, 0.29) is 23.2 Å². The molecule has 0 radical (unpaired) electrons. The summed E-state index contributed by atoms with van der Waals surface area (Å²) in [6.45, 7) is -3.03. The third-order valence-electron chi connectivity index (χ3n) is 4.80. The van der Waals surface area contributed by atoms with Crippen molar-refractivity contribution < 1.29 is 27.8 Å². The Kier molecular flexibility index (Phi) is 8.32. The molecule has 0 atom stereocenters. The molecule has 3 rings (SSSR count). The SMILES string of the molecule is COc1ccc(C(NC(=O)CNc2ccc(OC(F)F)c(Cl)c2)c2ccc(OC)cc2)cc1. The summed E-state index contributed by atoms with van der Waals surface area (Å²) in [5.41, 5.74) is 2.22. The molecule has 2 N–H and O–H groups in total. The topological polar surface area (TPSA) is 68.8 Å². The summed E-state index contributed by atoms with van der Waals surface area (Å²) in [5, 5.41) is 5.95. The first kappa shape index (κ1) is 24.1. The van der Waals surface area contributed by atoms with Crippen LogP contribution in [0.5, 0.6) is 17.2 Å². The summed E-state index contributed by atoms with van der Waals surface area (Å²) in [7, 11) is 3.17. The highest BCUT2D eigenvalue weighted by Gasteiger charge is 2.18. The van der Waals surface area contributed by atoms with Gasteiger partial charge in [-0.3, -0.25) is 4.79 Å². The summed E-state index contributed by atoms with van der Waals surface area (Å²) in [4.78, 5) is 12.7. The van der Waals surface area contributed by atoms with E-state index in [1.54, 1.807) is 14.2 Å². The third-order valence-corrected chi connectivity index (χ3v) is 5.10. The molecule has 0 fully saturated rings. The van der Waals surface area contributed by atoms with Crippen molar-refractivity contribution in [3.05, 3.63) is 82.9 Å². The smallest absolute Gasteiger partial charge is 0.387 e. The molecule has 0 aliphatic rings. The molecule has 0 spiro atoms. The molecular weight excluding hydrogens is 454 g/mol. The lowest BCUT2D eigenvalue weighted by atomic mass is 9.98. The normalized spacial score (nSPS) is 10.8. The molecule has 1 amide bonds. The standard InChI is InChI=1S/C24H23ClF2N2O4/c1-31-18-8-3-15(4-9-18)23(16-5-10-19(32-2)11-6-16)29-22(30)14-28-17-7-12-21(20(25)13-17)33-24(26)27/h3-13,23-24,28H,14H2,1-2H3,(H,29,30). The van der Waals surface area contributed by atoms with Crippen LogP contribution in [0, 0.1) is 0 Å². The number of benzene rings is 3. The van der Waals surface area contributed by atoms with Gasteiger partial charge in [-0.1, -0.05) is 35.9 Å². The maximum absolute atomic E-state index is 12.7. The summed E-state index contributed by atoms with van der Waals surface area (Å²) in [5.74, 6) is 0.990. The minimum absolute atomic E-state index is 0.00931. The molecule has 0 unspecified atom stereocenters. The van der Waals surface area contributed by atoms with E-state index in [0.717, 1.165) is 11.1 Å². The molecular formula is C24H23ClF2N2O4. The van der Waals surface area contributed by atoms with Gasteiger partial charge in [0.05, 0.1) is 31.8 Å². The fraction of sp³-hybridized carbons (Fsp3) is 0.208. The average Bonchev–Trinajstić information content (AvgIpc) is 2.83. The number of amides is 1. The van der Waals surface area contributed by atoms with Gasteiger partial charge in [-0.2, -0.15) is 8.78 Å². The summed E-state index contributed by atoms with van der Waals surface area (Å²) in [6.07, 6.45) is 0. The monoisotopic (exact) mass is 476 g/mol. The van der Waals surface area contributed by atoms with Crippen LogP contribution in [-0.2, 0) is 4.79 Å². The molecule has 0 aromatic heterocycles. The summed E-state index contributed by atoms with van der Waals surface area (Å²) in [6, 6.07) is 18.6. The molecule has 0 saturated carbocycles. The molecule has 0 aliphatic carbocycles. The Morgan fingerprint density at radius 3 is 1.91 bits per heavy atom. The van der Waals surface area contributed by atoms with Crippen molar-refractivity contribution in [1.29, 1.82) is 0 Å². The largest absolute Gasteiger partial charge is 0.497 e. The number of alkyl halides is 2. The fourth-order valence-corrected chi connectivity index (χ4v) is 3.37. The lowest BCUT2D eigenvalue weighted by Crippen LogP contribution is -2.34. The highest BCUT2D eigenvalue weighted by Crippen LogP contribution is 2.29. The lowest BCUT2D eigenvalue weighted by Gasteiger charge is -2.21. The van der Waals surface area contributed by atoms with Crippen LogP contribution >= 0.6 is 11.6 Å². The second-order valence-corrected chi connectivity index (χ2v) is 7.33. The lowest BCUT2D eigenvalue weighted by molar-refractivity contribution is -0.119. The molecule has 33 heavy (non-hydrogen) atoms. The Bertz CT molecular complexity index is 1020. The van der Waals surface area contributed by atoms with Gasteiger partial charge in [0, 0.05) is 5.69 Å². The van der Waals surface area contributed by atoms with E-state index in [1.807, 2.05) is 48.5 Å². The van der Waals surface area contributed by atoms with Gasteiger partial charge in [-0.25, -0.2) is 0 Å². The Hall–Kier alpha value is -3.52. The van der Waals surface area contributed by atoms with Crippen LogP contribution in [0.2, 0.25) is 5.02 Å². The van der Waals surface area contributed by atoms with E-state index < -0.39 is 12.7 Å². The Morgan fingerprint density at radius 1 is 0.909 bits per heavy atom. The van der Waals surface area contributed by atoms with Crippen molar-refractivity contribution in [3.8, 4) is 17.2 Å². The molecule has 0 heterocycles. The van der Waals surface area contributed by atoms with Crippen LogP contribution in [0.25, 0.3) is 0 Å². The van der Waals surface area contributed by atoms with Crippen molar-refractivity contribution >= 4 is 23.2 Å². The fourth-order valence-electron chi connectivity index (χ4n) is 3.15. The van der Waals surface area contributed by atoms with Crippen LogP contribution in [0.15, 0.2) is 66.7 Å². The van der Waals surface area contributed by atoms with Crippen molar-refractivity contribution in [2.75, 3.05) is 26.1 Å². The van der Waals surface area contributed by atoms with Gasteiger partial charge in [0.25, 0.3) is 0 Å². The highest BCUT2D eigenvalue weighted by atomic mass is 35.5. The number of hydrogen-bond acceptors (Lipinski definition) is 5. The van der Waals surface area contributed by atoms with E-state index >= 15 is 0 Å². The first-order valence-corrected chi connectivity index (χ1v) is 10.3. The van der Waals surface area contributed by atoms with Gasteiger partial charge in [-0.05, 0) is 53.6 Å². The Labute approximate surface area is 195 Å². The van der Waals surface area contributed by atoms with E-state index in [4.69, 9.17) is 21.1 Å². The third kappa shape index (κ3) is 6.73. The van der Waals surface area contributed by atoms with E-state index in [2.05, 4.69) is 15.4 Å². The Balaban J connectivity index is 1.72. The molecule has 0 bridgehead atoms. The highest BCUT2D eigenvalue weighted by molar-refractivity contribution is 6.32. The average molecular weight is 477 g/mol. The van der Waals surface area contributed by atoms with E-state index in [0.29, 0.717) is 17.2 Å². The molecule has 9 heteroatoms. The van der Waals surface area contributed by atoms with Crippen molar-refractivity contribution in [1.82, 2.24) is 5.32 Å². The predicted molar refractivity (Wildman–Crippen MR) is 123 cm³/mol. The van der Waals surface area contributed by atoms with Gasteiger partial charge in [0.15, 0.2) is 0 Å². The number of methoxy groups -OCH3 is 2. The van der Waals surface area contributed by atoms with Crippen LogP contribution in [0.3, 0.4) is 0 Å². The first-order valence-electron chi connectivity index (χ1n) is 9.95. The maximum atomic E-state index is 12.7. The molecule has 0 aliphatic heterocycles. The van der Waals surface area contributed by atoms with Gasteiger partial charge in [0.2, 0.25) is 5.91 Å². The minimum Gasteiger partial charge on any atom is -0.497 e. The zero-order chi connectivity index (χ0) is 23.8. The number of halogens is 3. The number of carbonyl (C=O) groups excluding carboxylic acids is 1. The Morgan fingerprint density at radius 2 is 1.45 bits per heavy atom. The molecule has 0 saturated heterocycles. The quantitative estimate of drug-likeness (QED) is 0.417. The summed E-state index contributed by atoms with van der Waals surface area (Å²) >= 11 is 5.96. The number of rotatable bonds is 10. The molecule has 3 aromatic rings. The molecule has 3 aromatic carbocycles. The van der Waals surface area contributed by atoms with Crippen LogP contribution in [-0.4, -0.2) is 33.3 Å². The maximum Gasteiger partial charge on any atom is 0.387 e. The second kappa shape index (κ2) is 11.4. The predicted octanol–water partition coefficient (Wildman–Crippen LogP) is 5.28. The number of carbonyl (C=O) groups is 1. The second-order valence-electron chi connectivity index (χ2n) is 6.92. The zero-order valence-electron chi connectivity index (χ0n) is 18.0. The van der Waals surface area contributed by atoms with Crippen molar-refractivity contribution in [3.63, 3.8) is 0 Å². The van der Waals surface area contributed by atoms with Gasteiger partial charge >= 0.3 is 6.61 Å². The molecule has 174 valence electrons. The van der Waals surface area contributed by atoms with E-state index in [9.17, 15) is 13.6 Å². The minimum atomic E-state index is -2.97. The van der Waals surface area contributed by atoms with Gasteiger partial charge < -0.3 is 24.8 Å². The van der Waals surface area contributed by atoms with Gasteiger partial charge in [-0.15, -0.1) is 0 Å². The number of anilines is 1. The van der Waals surface area contributed by atoms with Crippen LogP contribution < -0.4 is 24.8 Å². The van der Waals surface area contributed by atoms with Crippen LogP contribution in [0.1, 0.15) is 17.2 Å². The number of ether oxygens (including phenoxy) is 3. The van der Waals surface area contributed by atoms with Crippen molar-refractivity contribution in [2.45, 2.75) is 12.7 Å². The van der Waals surface area contributed by atoms with Crippen molar-refractivity contribution in [2.24, 2.45) is 0 Å². The first-order chi connectivity index (χ1) is 15.9. The van der Waals surface area contributed by atoms with Gasteiger partial charge in [0.1, 0.15) is 17.2 Å². The number of nitrogens with one attached hydrogen (secondary N) is 2. The zero-order valence-corrected chi connectivity index (χ0v) is 18.7. The van der Waals surface area contributed by atoms with Crippen LogP contribution in [0.4, 0.5) is 14.5 Å². The van der Waals surface area contributed by atoms with E-state index in [1.165, 1.54) is 18.2 Å².